The van der Waals surface area contributed by atoms with Crippen molar-refractivity contribution in [2.45, 2.75) is 31.8 Å². The van der Waals surface area contributed by atoms with Gasteiger partial charge in [-0.25, -0.2) is 0 Å². The summed E-state index contributed by atoms with van der Waals surface area (Å²) < 4.78 is 5.83. The highest BCUT2D eigenvalue weighted by molar-refractivity contribution is 5.76. The molecule has 1 saturated heterocycles. The Hall–Kier alpha value is -2.43. The first kappa shape index (κ1) is 15.5. The van der Waals surface area contributed by atoms with Gasteiger partial charge < -0.3 is 9.64 Å². The number of benzene rings is 1. The minimum atomic E-state index is 0.00104. The second-order valence-electron chi connectivity index (χ2n) is 5.77. The van der Waals surface area contributed by atoms with E-state index in [1.807, 2.05) is 23.1 Å². The first-order chi connectivity index (χ1) is 11.3. The van der Waals surface area contributed by atoms with Gasteiger partial charge in [0.2, 0.25) is 11.8 Å². The summed E-state index contributed by atoms with van der Waals surface area (Å²) in [5.74, 6) is 0.720. The molecular formula is C18H21N3O2. The summed E-state index contributed by atoms with van der Waals surface area (Å²) in [6.45, 7) is 1.44. The van der Waals surface area contributed by atoms with E-state index < -0.39 is 0 Å². The fourth-order valence-electron chi connectivity index (χ4n) is 2.84. The predicted octanol–water partition coefficient (Wildman–Crippen LogP) is 2.48. The number of aryl methyl sites for hydroxylation is 1. The molecule has 5 heteroatoms. The van der Waals surface area contributed by atoms with Gasteiger partial charge in [-0.05, 0) is 30.9 Å². The zero-order valence-corrected chi connectivity index (χ0v) is 13.1. The van der Waals surface area contributed by atoms with Crippen LogP contribution in [0.4, 0.5) is 0 Å². The van der Waals surface area contributed by atoms with Gasteiger partial charge in [-0.15, -0.1) is 5.10 Å². The van der Waals surface area contributed by atoms with Crippen molar-refractivity contribution in [3.05, 3.63) is 54.2 Å². The fourth-order valence-corrected chi connectivity index (χ4v) is 2.84. The maximum atomic E-state index is 12.4. The molecule has 1 amide bonds. The zero-order valence-electron chi connectivity index (χ0n) is 13.1. The lowest BCUT2D eigenvalue weighted by molar-refractivity contribution is -0.133. The highest BCUT2D eigenvalue weighted by Gasteiger charge is 2.24. The van der Waals surface area contributed by atoms with Crippen molar-refractivity contribution >= 4 is 5.91 Å². The van der Waals surface area contributed by atoms with Crippen LogP contribution in [0.3, 0.4) is 0 Å². The Bertz CT molecular complexity index is 619. The molecular weight excluding hydrogens is 290 g/mol. The van der Waals surface area contributed by atoms with Gasteiger partial charge in [-0.2, -0.15) is 5.10 Å². The molecule has 0 aliphatic carbocycles. The average molecular weight is 311 g/mol. The van der Waals surface area contributed by atoms with E-state index in [2.05, 4.69) is 22.3 Å². The van der Waals surface area contributed by atoms with Crippen LogP contribution >= 0.6 is 0 Å². The molecule has 2 aromatic rings. The van der Waals surface area contributed by atoms with Crippen molar-refractivity contribution < 1.29 is 9.53 Å². The second kappa shape index (κ2) is 7.72. The average Bonchev–Trinajstić information content (AvgIpc) is 2.62. The molecule has 0 N–H and O–H groups in total. The minimum Gasteiger partial charge on any atom is -0.471 e. The van der Waals surface area contributed by atoms with E-state index >= 15 is 0 Å². The maximum absolute atomic E-state index is 12.4. The molecule has 23 heavy (non-hydrogen) atoms. The SMILES string of the molecule is O=C(CCc1ccccc1)N1CCCC(Oc2cccnn2)C1. The van der Waals surface area contributed by atoms with Crippen molar-refractivity contribution in [3.63, 3.8) is 0 Å². The van der Waals surface area contributed by atoms with E-state index in [9.17, 15) is 4.79 Å². The summed E-state index contributed by atoms with van der Waals surface area (Å²) in [4.78, 5) is 14.3. The topological polar surface area (TPSA) is 55.3 Å². The molecule has 5 nitrogen and oxygen atoms in total. The number of ether oxygens (including phenoxy) is 1. The Morgan fingerprint density at radius 1 is 1.22 bits per heavy atom. The number of carbonyl (C=O) groups excluding carboxylic acids is 1. The molecule has 1 aliphatic rings. The van der Waals surface area contributed by atoms with Crippen LogP contribution in [-0.2, 0) is 11.2 Å². The Morgan fingerprint density at radius 3 is 2.87 bits per heavy atom. The molecule has 1 aromatic carbocycles. The maximum Gasteiger partial charge on any atom is 0.233 e. The molecule has 1 fully saturated rings. The van der Waals surface area contributed by atoms with Crippen molar-refractivity contribution in [1.82, 2.24) is 15.1 Å². The molecule has 0 saturated carbocycles. The van der Waals surface area contributed by atoms with Crippen LogP contribution in [0.1, 0.15) is 24.8 Å². The van der Waals surface area contributed by atoms with E-state index in [4.69, 9.17) is 4.74 Å². The van der Waals surface area contributed by atoms with E-state index in [0.717, 1.165) is 25.8 Å². The van der Waals surface area contributed by atoms with Crippen molar-refractivity contribution in [2.24, 2.45) is 0 Å². The monoisotopic (exact) mass is 311 g/mol. The van der Waals surface area contributed by atoms with Gasteiger partial charge in [-0.1, -0.05) is 30.3 Å². The lowest BCUT2D eigenvalue weighted by atomic mass is 10.1. The van der Waals surface area contributed by atoms with Crippen LogP contribution in [0.25, 0.3) is 0 Å². The molecule has 1 atom stereocenters. The Labute approximate surface area is 136 Å². The van der Waals surface area contributed by atoms with E-state index in [1.54, 1.807) is 18.3 Å². The Kier molecular flexibility index (Phi) is 5.19. The van der Waals surface area contributed by atoms with Crippen LogP contribution in [0.15, 0.2) is 48.7 Å². The first-order valence-electron chi connectivity index (χ1n) is 8.07. The third kappa shape index (κ3) is 4.52. The number of piperidine rings is 1. The summed E-state index contributed by atoms with van der Waals surface area (Å²) in [7, 11) is 0. The summed E-state index contributed by atoms with van der Waals surface area (Å²) in [5, 5.41) is 7.75. The smallest absolute Gasteiger partial charge is 0.233 e. The number of carbonyl (C=O) groups is 1. The highest BCUT2D eigenvalue weighted by atomic mass is 16.5. The highest BCUT2D eigenvalue weighted by Crippen LogP contribution is 2.17. The largest absolute Gasteiger partial charge is 0.471 e. The zero-order chi connectivity index (χ0) is 15.9. The lowest BCUT2D eigenvalue weighted by Gasteiger charge is -2.32. The summed E-state index contributed by atoms with van der Waals surface area (Å²) in [6.07, 6.45) is 4.85. The number of hydrogen-bond donors (Lipinski definition) is 0. The second-order valence-corrected chi connectivity index (χ2v) is 5.77. The third-order valence-electron chi connectivity index (χ3n) is 4.04. The molecule has 120 valence electrons. The molecule has 3 rings (SSSR count). The number of nitrogens with zero attached hydrogens (tertiary/aromatic N) is 3. The van der Waals surface area contributed by atoms with Gasteiger partial charge in [-0.3, -0.25) is 4.79 Å². The van der Waals surface area contributed by atoms with Gasteiger partial charge in [0.25, 0.3) is 0 Å². The Balaban J connectivity index is 1.50. The van der Waals surface area contributed by atoms with E-state index in [0.29, 0.717) is 18.8 Å². The molecule has 1 unspecified atom stereocenters. The predicted molar refractivity (Wildman–Crippen MR) is 87.0 cm³/mol. The molecule has 2 heterocycles. The minimum absolute atomic E-state index is 0.00104. The molecule has 0 bridgehead atoms. The molecule has 1 aromatic heterocycles. The van der Waals surface area contributed by atoms with Crippen LogP contribution in [0.2, 0.25) is 0 Å². The molecule has 1 aliphatic heterocycles. The first-order valence-corrected chi connectivity index (χ1v) is 8.07. The third-order valence-corrected chi connectivity index (χ3v) is 4.04. The summed E-state index contributed by atoms with van der Waals surface area (Å²) in [6, 6.07) is 13.7. The quantitative estimate of drug-likeness (QED) is 0.851. The van der Waals surface area contributed by atoms with Gasteiger partial charge in [0.15, 0.2) is 0 Å². The van der Waals surface area contributed by atoms with Crippen molar-refractivity contribution in [3.8, 4) is 5.88 Å². The molecule has 0 radical (unpaired) electrons. The van der Waals surface area contributed by atoms with Gasteiger partial charge in [0.05, 0.1) is 6.54 Å². The van der Waals surface area contributed by atoms with E-state index in [1.165, 1.54) is 5.56 Å². The number of likely N-dealkylation sites (tertiary alicyclic amines) is 1. The van der Waals surface area contributed by atoms with Crippen LogP contribution in [0, 0.1) is 0 Å². The summed E-state index contributed by atoms with van der Waals surface area (Å²) in [5.41, 5.74) is 1.20. The normalized spacial score (nSPS) is 17.7. The van der Waals surface area contributed by atoms with E-state index in [-0.39, 0.29) is 12.0 Å². The van der Waals surface area contributed by atoms with Crippen molar-refractivity contribution in [2.75, 3.05) is 13.1 Å². The van der Waals surface area contributed by atoms with Crippen LogP contribution in [0.5, 0.6) is 5.88 Å². The van der Waals surface area contributed by atoms with Gasteiger partial charge >= 0.3 is 0 Å². The lowest BCUT2D eigenvalue weighted by Crippen LogP contribution is -2.44. The van der Waals surface area contributed by atoms with Gasteiger partial charge in [0, 0.05) is 25.2 Å². The number of rotatable bonds is 5. The van der Waals surface area contributed by atoms with Crippen molar-refractivity contribution in [1.29, 1.82) is 0 Å². The van der Waals surface area contributed by atoms with Crippen LogP contribution in [-0.4, -0.2) is 40.2 Å². The summed E-state index contributed by atoms with van der Waals surface area (Å²) >= 11 is 0. The number of amides is 1. The number of aromatic nitrogens is 2. The fraction of sp³-hybridized carbons (Fsp3) is 0.389. The van der Waals surface area contributed by atoms with Gasteiger partial charge in [0.1, 0.15) is 6.10 Å². The Morgan fingerprint density at radius 2 is 2.09 bits per heavy atom. The standard InChI is InChI=1S/C18H21N3O2/c22-18(11-10-15-6-2-1-3-7-15)21-13-5-8-16(14-21)23-17-9-4-12-19-20-17/h1-4,6-7,9,12,16H,5,8,10-11,13-14H2. The molecule has 0 spiro atoms. The number of hydrogen-bond acceptors (Lipinski definition) is 4. The van der Waals surface area contributed by atoms with Crippen LogP contribution < -0.4 is 4.74 Å².